The molecule has 1 fully saturated rings. The van der Waals surface area contributed by atoms with Gasteiger partial charge in [-0.25, -0.2) is 4.79 Å². The summed E-state index contributed by atoms with van der Waals surface area (Å²) in [5.41, 5.74) is 1.09. The lowest BCUT2D eigenvalue weighted by atomic mass is 10.0. The number of rotatable bonds is 8. The molecule has 2 N–H and O–H groups in total. The Morgan fingerprint density at radius 2 is 2.00 bits per heavy atom. The summed E-state index contributed by atoms with van der Waals surface area (Å²) in [6.07, 6.45) is 2.28. The van der Waals surface area contributed by atoms with E-state index in [2.05, 4.69) is 5.32 Å². The first kappa shape index (κ1) is 19.9. The van der Waals surface area contributed by atoms with Crippen LogP contribution in [-0.2, 0) is 25.5 Å². The van der Waals surface area contributed by atoms with E-state index < -0.39 is 30.1 Å². The van der Waals surface area contributed by atoms with Crippen LogP contribution in [0.3, 0.4) is 0 Å². The number of methoxy groups -OCH3 is 1. The summed E-state index contributed by atoms with van der Waals surface area (Å²) < 4.78 is 4.85. The van der Waals surface area contributed by atoms with Crippen molar-refractivity contribution in [2.45, 2.75) is 50.7 Å². The van der Waals surface area contributed by atoms with Crippen molar-refractivity contribution in [1.82, 2.24) is 10.2 Å². The van der Waals surface area contributed by atoms with Gasteiger partial charge in [-0.15, -0.1) is 0 Å². The molecule has 142 valence electrons. The lowest BCUT2D eigenvalue weighted by Gasteiger charge is -2.27. The fourth-order valence-corrected chi connectivity index (χ4v) is 3.28. The Morgan fingerprint density at radius 1 is 1.31 bits per heavy atom. The molecule has 3 atom stereocenters. The largest absolute Gasteiger partial charge is 0.480 e. The first-order valence-corrected chi connectivity index (χ1v) is 8.85. The molecule has 1 aromatic carbocycles. The molecule has 1 aliphatic heterocycles. The molecule has 1 aliphatic rings. The number of benzene rings is 1. The number of hydrogen-bond acceptors (Lipinski definition) is 5. The molecule has 0 aromatic heterocycles. The van der Waals surface area contributed by atoms with Crippen LogP contribution in [0, 0.1) is 0 Å². The van der Waals surface area contributed by atoms with Gasteiger partial charge in [0.2, 0.25) is 5.91 Å². The summed E-state index contributed by atoms with van der Waals surface area (Å²) in [6.45, 7) is 2.08. The molecule has 7 heteroatoms. The maximum absolute atomic E-state index is 12.6. The molecule has 1 heterocycles. The van der Waals surface area contributed by atoms with E-state index in [0.717, 1.165) is 5.56 Å². The molecule has 2 rings (SSSR count). The Hall–Kier alpha value is -2.41. The number of carbonyl (C=O) groups is 3. The van der Waals surface area contributed by atoms with Gasteiger partial charge in [-0.05, 0) is 38.2 Å². The number of ether oxygens (including phenoxy) is 1. The average molecular weight is 362 g/mol. The summed E-state index contributed by atoms with van der Waals surface area (Å²) in [4.78, 5) is 37.4. The average Bonchev–Trinajstić information content (AvgIpc) is 3.14. The van der Waals surface area contributed by atoms with Crippen molar-refractivity contribution in [2.75, 3.05) is 13.7 Å². The van der Waals surface area contributed by atoms with E-state index in [1.165, 1.54) is 12.0 Å². The molecular formula is C19H26N2O5. The van der Waals surface area contributed by atoms with E-state index in [1.807, 2.05) is 30.3 Å². The Balaban J connectivity index is 1.99. The molecule has 0 bridgehead atoms. The molecule has 7 nitrogen and oxygen atoms in total. The monoisotopic (exact) mass is 362 g/mol. The van der Waals surface area contributed by atoms with Crippen molar-refractivity contribution in [3.05, 3.63) is 35.9 Å². The van der Waals surface area contributed by atoms with Gasteiger partial charge in [0.1, 0.15) is 12.1 Å². The molecule has 0 aliphatic carbocycles. The van der Waals surface area contributed by atoms with Crippen LogP contribution in [0.5, 0.6) is 0 Å². The molecule has 1 saturated heterocycles. The van der Waals surface area contributed by atoms with Gasteiger partial charge in [-0.1, -0.05) is 30.3 Å². The van der Waals surface area contributed by atoms with Crippen LogP contribution in [0.25, 0.3) is 0 Å². The summed E-state index contributed by atoms with van der Waals surface area (Å²) in [7, 11) is 1.31. The van der Waals surface area contributed by atoms with E-state index >= 15 is 0 Å². The third-order valence-electron chi connectivity index (χ3n) is 4.69. The fraction of sp³-hybridized carbons (Fsp3) is 0.526. The van der Waals surface area contributed by atoms with E-state index in [0.29, 0.717) is 32.2 Å². The van der Waals surface area contributed by atoms with Gasteiger partial charge in [0.15, 0.2) is 0 Å². The quantitative estimate of drug-likeness (QED) is 0.675. The van der Waals surface area contributed by atoms with Crippen LogP contribution >= 0.6 is 0 Å². The Bertz CT molecular complexity index is 634. The highest BCUT2D eigenvalue weighted by atomic mass is 16.5. The van der Waals surface area contributed by atoms with Crippen LogP contribution in [0.15, 0.2) is 30.3 Å². The number of carboxylic acids is 1. The lowest BCUT2D eigenvalue weighted by Crippen LogP contribution is -2.53. The number of aliphatic carboxylic acids is 1. The number of aryl methyl sites for hydroxylation is 1. The fourth-order valence-electron chi connectivity index (χ4n) is 3.28. The van der Waals surface area contributed by atoms with Gasteiger partial charge in [-0.3, -0.25) is 14.9 Å². The van der Waals surface area contributed by atoms with Gasteiger partial charge in [0.25, 0.3) is 0 Å². The zero-order valence-electron chi connectivity index (χ0n) is 15.2. The summed E-state index contributed by atoms with van der Waals surface area (Å²) in [5, 5.41) is 12.3. The number of nitrogens with one attached hydrogen (secondary N) is 1. The van der Waals surface area contributed by atoms with E-state index in [1.54, 1.807) is 6.92 Å². The van der Waals surface area contributed by atoms with Gasteiger partial charge in [0, 0.05) is 6.54 Å². The number of carboxylic acid groups (broad SMARTS) is 1. The Labute approximate surface area is 153 Å². The van der Waals surface area contributed by atoms with Crippen LogP contribution < -0.4 is 5.32 Å². The second-order valence-corrected chi connectivity index (χ2v) is 6.52. The molecule has 0 unspecified atom stereocenters. The number of nitrogens with zero attached hydrogens (tertiary/aromatic N) is 1. The van der Waals surface area contributed by atoms with E-state index in [9.17, 15) is 19.5 Å². The topological polar surface area (TPSA) is 95.9 Å². The molecule has 1 amide bonds. The first-order valence-electron chi connectivity index (χ1n) is 8.85. The van der Waals surface area contributed by atoms with Crippen molar-refractivity contribution >= 4 is 17.8 Å². The predicted molar refractivity (Wildman–Crippen MR) is 95.5 cm³/mol. The number of esters is 1. The maximum atomic E-state index is 12.6. The SMILES string of the molecule is COC(=O)[C@@H](CCc1ccccc1)N[C@@H](C)C(=O)N1CCC[C@H]1C(=O)O. The van der Waals surface area contributed by atoms with Gasteiger partial charge >= 0.3 is 11.9 Å². The predicted octanol–water partition coefficient (Wildman–Crippen LogP) is 1.21. The van der Waals surface area contributed by atoms with Crippen molar-refractivity contribution < 1.29 is 24.2 Å². The minimum atomic E-state index is -0.989. The number of hydrogen-bond donors (Lipinski definition) is 2. The minimum Gasteiger partial charge on any atom is -0.480 e. The van der Waals surface area contributed by atoms with E-state index in [4.69, 9.17) is 4.74 Å². The number of likely N-dealkylation sites (tertiary alicyclic amines) is 1. The summed E-state index contributed by atoms with van der Waals surface area (Å²) in [5.74, 6) is -1.73. The normalized spacial score (nSPS) is 19.0. The lowest BCUT2D eigenvalue weighted by molar-refractivity contribution is -0.150. The van der Waals surface area contributed by atoms with Crippen molar-refractivity contribution in [1.29, 1.82) is 0 Å². The van der Waals surface area contributed by atoms with Gasteiger partial charge in [0.05, 0.1) is 13.2 Å². The molecule has 26 heavy (non-hydrogen) atoms. The second kappa shape index (κ2) is 9.33. The third kappa shape index (κ3) is 5.05. The highest BCUT2D eigenvalue weighted by Crippen LogP contribution is 2.19. The first-order chi connectivity index (χ1) is 12.4. The van der Waals surface area contributed by atoms with E-state index in [-0.39, 0.29) is 5.91 Å². The van der Waals surface area contributed by atoms with Gasteiger partial charge < -0.3 is 14.7 Å². The van der Waals surface area contributed by atoms with Crippen LogP contribution in [0.4, 0.5) is 0 Å². The molecule has 0 radical (unpaired) electrons. The van der Waals surface area contributed by atoms with Crippen molar-refractivity contribution in [3.8, 4) is 0 Å². The van der Waals surface area contributed by atoms with Crippen LogP contribution in [0.1, 0.15) is 31.7 Å². The highest BCUT2D eigenvalue weighted by Gasteiger charge is 2.36. The second-order valence-electron chi connectivity index (χ2n) is 6.52. The van der Waals surface area contributed by atoms with Crippen LogP contribution in [0.2, 0.25) is 0 Å². The minimum absolute atomic E-state index is 0.302. The molecule has 1 aromatic rings. The Kier molecular flexibility index (Phi) is 7.15. The summed E-state index contributed by atoms with van der Waals surface area (Å²) in [6, 6.07) is 7.65. The zero-order chi connectivity index (χ0) is 19.1. The maximum Gasteiger partial charge on any atom is 0.326 e. The molecule has 0 spiro atoms. The molecular weight excluding hydrogens is 336 g/mol. The molecule has 0 saturated carbocycles. The Morgan fingerprint density at radius 3 is 2.62 bits per heavy atom. The van der Waals surface area contributed by atoms with Crippen molar-refractivity contribution in [3.63, 3.8) is 0 Å². The number of amides is 1. The van der Waals surface area contributed by atoms with Crippen LogP contribution in [-0.4, -0.2) is 59.6 Å². The number of carbonyl (C=O) groups excluding carboxylic acids is 2. The van der Waals surface area contributed by atoms with Gasteiger partial charge in [-0.2, -0.15) is 0 Å². The smallest absolute Gasteiger partial charge is 0.326 e. The van der Waals surface area contributed by atoms with Crippen molar-refractivity contribution in [2.24, 2.45) is 0 Å². The standard InChI is InChI=1S/C19H26N2O5/c1-13(17(22)21-12-6-9-16(21)18(23)24)20-15(19(25)26-2)11-10-14-7-4-3-5-8-14/h3-5,7-8,13,15-16,20H,6,9-12H2,1-2H3,(H,23,24)/t13-,15+,16-/m0/s1. The zero-order valence-corrected chi connectivity index (χ0v) is 15.2. The summed E-state index contributed by atoms with van der Waals surface area (Å²) >= 11 is 0. The highest BCUT2D eigenvalue weighted by molar-refractivity contribution is 5.88. The third-order valence-corrected chi connectivity index (χ3v) is 4.69.